The SMILES string of the molecule is COc1cccc(CN2CC(N)(C(C)C)C2)n1. The Morgan fingerprint density at radius 1 is 1.47 bits per heavy atom. The summed E-state index contributed by atoms with van der Waals surface area (Å²) in [6, 6.07) is 5.86. The molecule has 4 nitrogen and oxygen atoms in total. The Morgan fingerprint density at radius 3 is 2.76 bits per heavy atom. The Bertz CT molecular complexity index is 386. The van der Waals surface area contributed by atoms with Gasteiger partial charge in [0.05, 0.1) is 12.8 Å². The fourth-order valence-electron chi connectivity index (χ4n) is 2.15. The van der Waals surface area contributed by atoms with Crippen molar-refractivity contribution in [2.45, 2.75) is 25.9 Å². The highest BCUT2D eigenvalue weighted by molar-refractivity contribution is 5.16. The molecule has 17 heavy (non-hydrogen) atoms. The molecule has 0 amide bonds. The first-order valence-corrected chi connectivity index (χ1v) is 6.04. The van der Waals surface area contributed by atoms with Crippen LogP contribution in [-0.2, 0) is 6.54 Å². The molecule has 0 unspecified atom stereocenters. The highest BCUT2D eigenvalue weighted by atomic mass is 16.5. The summed E-state index contributed by atoms with van der Waals surface area (Å²) in [5, 5.41) is 0. The van der Waals surface area contributed by atoms with Gasteiger partial charge in [0.1, 0.15) is 0 Å². The predicted molar refractivity (Wildman–Crippen MR) is 67.8 cm³/mol. The molecule has 0 spiro atoms. The van der Waals surface area contributed by atoms with Crippen molar-refractivity contribution in [1.29, 1.82) is 0 Å². The number of nitrogens with two attached hydrogens (primary N) is 1. The van der Waals surface area contributed by atoms with Gasteiger partial charge in [-0.15, -0.1) is 0 Å². The molecule has 2 heterocycles. The average Bonchev–Trinajstić information content (AvgIpc) is 2.27. The number of aromatic nitrogens is 1. The molecule has 94 valence electrons. The second-order valence-electron chi connectivity index (χ2n) is 5.20. The Hall–Kier alpha value is -1.13. The number of hydrogen-bond acceptors (Lipinski definition) is 4. The van der Waals surface area contributed by atoms with E-state index in [-0.39, 0.29) is 5.54 Å². The molecule has 0 aromatic carbocycles. The zero-order chi connectivity index (χ0) is 12.5. The van der Waals surface area contributed by atoms with Crippen LogP contribution in [0.4, 0.5) is 0 Å². The highest BCUT2D eigenvalue weighted by Crippen LogP contribution is 2.27. The van der Waals surface area contributed by atoms with Crippen LogP contribution in [0.5, 0.6) is 5.88 Å². The maximum absolute atomic E-state index is 6.26. The van der Waals surface area contributed by atoms with Crippen molar-refractivity contribution in [3.05, 3.63) is 23.9 Å². The van der Waals surface area contributed by atoms with Crippen molar-refractivity contribution < 1.29 is 4.74 Å². The van der Waals surface area contributed by atoms with Crippen LogP contribution in [0.3, 0.4) is 0 Å². The molecule has 1 saturated heterocycles. The van der Waals surface area contributed by atoms with E-state index in [0.29, 0.717) is 11.8 Å². The summed E-state index contributed by atoms with van der Waals surface area (Å²) in [6.45, 7) is 7.11. The summed E-state index contributed by atoms with van der Waals surface area (Å²) in [6.07, 6.45) is 0. The lowest BCUT2D eigenvalue weighted by molar-refractivity contribution is 0.0303. The van der Waals surface area contributed by atoms with E-state index in [9.17, 15) is 0 Å². The maximum Gasteiger partial charge on any atom is 0.213 e. The van der Waals surface area contributed by atoms with E-state index in [2.05, 4.69) is 23.7 Å². The molecule has 0 radical (unpaired) electrons. The summed E-state index contributed by atoms with van der Waals surface area (Å²) in [4.78, 5) is 6.72. The van der Waals surface area contributed by atoms with Gasteiger partial charge in [-0.1, -0.05) is 19.9 Å². The smallest absolute Gasteiger partial charge is 0.213 e. The Morgan fingerprint density at radius 2 is 2.18 bits per heavy atom. The molecule has 1 aliphatic rings. The third-order valence-corrected chi connectivity index (χ3v) is 3.56. The summed E-state index contributed by atoms with van der Waals surface area (Å²) in [5.41, 5.74) is 7.28. The molecular formula is C13H21N3O. The van der Waals surface area contributed by atoms with Gasteiger partial charge in [-0.3, -0.25) is 4.90 Å². The number of pyridine rings is 1. The first kappa shape index (κ1) is 12.3. The number of likely N-dealkylation sites (tertiary alicyclic amines) is 1. The fourth-order valence-corrected chi connectivity index (χ4v) is 2.15. The number of hydrogen-bond donors (Lipinski definition) is 1. The molecule has 1 aromatic rings. The topological polar surface area (TPSA) is 51.4 Å². The van der Waals surface area contributed by atoms with Gasteiger partial charge in [0.25, 0.3) is 0 Å². The third-order valence-electron chi connectivity index (χ3n) is 3.56. The molecule has 1 aliphatic heterocycles. The lowest BCUT2D eigenvalue weighted by Gasteiger charge is -2.50. The van der Waals surface area contributed by atoms with Gasteiger partial charge < -0.3 is 10.5 Å². The summed E-state index contributed by atoms with van der Waals surface area (Å²) < 4.78 is 5.11. The van der Waals surface area contributed by atoms with Gasteiger partial charge in [0, 0.05) is 31.2 Å². The monoisotopic (exact) mass is 235 g/mol. The second kappa shape index (κ2) is 4.63. The lowest BCUT2D eigenvalue weighted by Crippen LogP contribution is -2.69. The van der Waals surface area contributed by atoms with Gasteiger partial charge in [-0.05, 0) is 12.0 Å². The number of nitrogens with zero attached hydrogens (tertiary/aromatic N) is 2. The normalized spacial score (nSPS) is 19.1. The van der Waals surface area contributed by atoms with Crippen molar-refractivity contribution in [1.82, 2.24) is 9.88 Å². The second-order valence-corrected chi connectivity index (χ2v) is 5.20. The van der Waals surface area contributed by atoms with Gasteiger partial charge in [-0.25, -0.2) is 4.98 Å². The van der Waals surface area contributed by atoms with E-state index < -0.39 is 0 Å². The van der Waals surface area contributed by atoms with Crippen LogP contribution < -0.4 is 10.5 Å². The number of methoxy groups -OCH3 is 1. The molecule has 0 aliphatic carbocycles. The van der Waals surface area contributed by atoms with E-state index in [1.54, 1.807) is 7.11 Å². The van der Waals surface area contributed by atoms with Crippen LogP contribution in [0.25, 0.3) is 0 Å². The van der Waals surface area contributed by atoms with Crippen molar-refractivity contribution in [2.24, 2.45) is 11.7 Å². The maximum atomic E-state index is 6.26. The molecule has 2 N–H and O–H groups in total. The van der Waals surface area contributed by atoms with Crippen molar-refractivity contribution in [3.63, 3.8) is 0 Å². The molecule has 0 bridgehead atoms. The Kier molecular flexibility index (Phi) is 3.35. The fraction of sp³-hybridized carbons (Fsp3) is 0.615. The minimum atomic E-state index is -0.0150. The molecule has 4 heteroatoms. The van der Waals surface area contributed by atoms with Crippen LogP contribution in [0.15, 0.2) is 18.2 Å². The van der Waals surface area contributed by atoms with E-state index in [4.69, 9.17) is 10.5 Å². The number of ether oxygens (including phenoxy) is 1. The highest BCUT2D eigenvalue weighted by Gasteiger charge is 2.41. The zero-order valence-corrected chi connectivity index (χ0v) is 10.8. The first-order valence-electron chi connectivity index (χ1n) is 6.04. The molecule has 0 saturated carbocycles. The van der Waals surface area contributed by atoms with Gasteiger partial charge in [0.15, 0.2) is 0 Å². The van der Waals surface area contributed by atoms with Crippen molar-refractivity contribution in [3.8, 4) is 5.88 Å². The van der Waals surface area contributed by atoms with Crippen LogP contribution in [0.1, 0.15) is 19.5 Å². The molecule has 0 atom stereocenters. The molecule has 2 rings (SSSR count). The Balaban J connectivity index is 1.91. The van der Waals surface area contributed by atoms with Crippen LogP contribution >= 0.6 is 0 Å². The Labute approximate surface area is 103 Å². The summed E-state index contributed by atoms with van der Waals surface area (Å²) in [5.74, 6) is 1.20. The molecule has 1 aromatic heterocycles. The van der Waals surface area contributed by atoms with Gasteiger partial charge in [-0.2, -0.15) is 0 Å². The minimum absolute atomic E-state index is 0.0150. The summed E-state index contributed by atoms with van der Waals surface area (Å²) >= 11 is 0. The van der Waals surface area contributed by atoms with Crippen LogP contribution in [0, 0.1) is 5.92 Å². The molecule has 1 fully saturated rings. The summed E-state index contributed by atoms with van der Waals surface area (Å²) in [7, 11) is 1.64. The van der Waals surface area contributed by atoms with Crippen LogP contribution in [0.2, 0.25) is 0 Å². The van der Waals surface area contributed by atoms with E-state index in [0.717, 1.165) is 25.3 Å². The van der Waals surface area contributed by atoms with Gasteiger partial charge >= 0.3 is 0 Å². The van der Waals surface area contributed by atoms with Crippen molar-refractivity contribution >= 4 is 0 Å². The standard InChI is InChI=1S/C13H21N3O/c1-10(2)13(14)8-16(9-13)7-11-5-4-6-12(15-11)17-3/h4-6,10H,7-9,14H2,1-3H3. The third kappa shape index (κ3) is 2.58. The average molecular weight is 235 g/mol. The first-order chi connectivity index (χ1) is 8.03. The van der Waals surface area contributed by atoms with Gasteiger partial charge in [0.2, 0.25) is 5.88 Å². The predicted octanol–water partition coefficient (Wildman–Crippen LogP) is 1.26. The largest absolute Gasteiger partial charge is 0.481 e. The minimum Gasteiger partial charge on any atom is -0.481 e. The number of rotatable bonds is 4. The van der Waals surface area contributed by atoms with E-state index in [1.807, 2.05) is 18.2 Å². The quantitative estimate of drug-likeness (QED) is 0.853. The molecular weight excluding hydrogens is 214 g/mol. The lowest BCUT2D eigenvalue weighted by atomic mass is 9.80. The van der Waals surface area contributed by atoms with Crippen molar-refractivity contribution in [2.75, 3.05) is 20.2 Å². The zero-order valence-electron chi connectivity index (χ0n) is 10.8. The van der Waals surface area contributed by atoms with E-state index >= 15 is 0 Å². The van der Waals surface area contributed by atoms with E-state index in [1.165, 1.54) is 0 Å². The van der Waals surface area contributed by atoms with Crippen LogP contribution in [-0.4, -0.2) is 35.6 Å².